The van der Waals surface area contributed by atoms with Crippen LogP contribution in [0.5, 0.6) is 103 Å². The highest BCUT2D eigenvalue weighted by Gasteiger charge is 2.51. The van der Waals surface area contributed by atoms with E-state index in [0.29, 0.717) is 0 Å². The summed E-state index contributed by atoms with van der Waals surface area (Å²) >= 11 is 0. The third-order valence-corrected chi connectivity index (χ3v) is 14.9. The Kier molecular flexibility index (Phi) is 12.3. The maximum atomic E-state index is 15.4. The molecule has 4 heterocycles. The molecule has 23 nitrogen and oxygen atoms in total. The second-order valence-corrected chi connectivity index (χ2v) is 19.9. The van der Waals surface area contributed by atoms with Gasteiger partial charge in [-0.25, -0.2) is 0 Å². The number of ketones is 4. The van der Waals surface area contributed by atoms with Gasteiger partial charge in [-0.2, -0.15) is 0 Å². The van der Waals surface area contributed by atoms with Crippen LogP contribution in [0.4, 0.5) is 0 Å². The Balaban J connectivity index is 1.03. The number of aliphatic hydroxyl groups is 2. The molecule has 0 saturated carbocycles. The van der Waals surface area contributed by atoms with Gasteiger partial charge in [0, 0.05) is 36.4 Å². The second kappa shape index (κ2) is 19.4. The van der Waals surface area contributed by atoms with E-state index in [9.17, 15) is 81.1 Å². The highest BCUT2D eigenvalue weighted by Crippen LogP contribution is 2.59. The fraction of sp³-hybridized carbons (Fsp3) is 0.133. The van der Waals surface area contributed by atoms with E-state index in [1.54, 1.807) is 0 Å². The van der Waals surface area contributed by atoms with Gasteiger partial charge in [-0.05, 0) is 70.8 Å². The number of Topliss-reactive ketones (excluding diaryl/α,β-unsaturated/α-hetero) is 4. The van der Waals surface area contributed by atoms with Crippen molar-refractivity contribution in [3.8, 4) is 103 Å². The maximum absolute atomic E-state index is 15.4. The number of hydrogen-bond acceptors (Lipinski definition) is 23. The van der Waals surface area contributed by atoms with Crippen molar-refractivity contribution in [1.29, 1.82) is 0 Å². The van der Waals surface area contributed by atoms with Crippen molar-refractivity contribution in [1.82, 2.24) is 0 Å². The van der Waals surface area contributed by atoms with E-state index in [4.69, 9.17) is 23.7 Å². The first-order chi connectivity index (χ1) is 39.6. The standard InChI is InChI=1S/C60H42O23/c61-25-7-1-21(2-8-25)55-47(43-35(70)19-36(71)44-51(75)53(77)57(82-59(43)44)23-5-11-29(64)31(66)13-23)49(73)42-34(69)17-28(18-39(42)81-55)79-40-20-37(72)45-52(76)54(78)58(24-6-12-30(65)32(67)14-24)83-60(45)46(40)48-50(74)41-33(68)15-27(63)16-38(41)80-56(48)22-3-9-26(62)10-4-22/h1-20,47-48,53-58,61-72,77-78H/t47-,48+,53-,54+,55+,56-,57+,58-/m1/s1. The van der Waals surface area contributed by atoms with Crippen LogP contribution in [0, 0.1) is 0 Å². The van der Waals surface area contributed by atoms with E-state index in [0.717, 1.165) is 60.7 Å². The van der Waals surface area contributed by atoms with Crippen molar-refractivity contribution < 1.29 is 114 Å². The number of aromatic hydroxyl groups is 12. The van der Waals surface area contributed by atoms with Gasteiger partial charge in [0.2, 0.25) is 11.6 Å². The Morgan fingerprint density at radius 2 is 0.747 bits per heavy atom. The molecule has 8 aromatic carbocycles. The first-order valence-electron chi connectivity index (χ1n) is 25.0. The van der Waals surface area contributed by atoms with E-state index in [1.165, 1.54) is 60.7 Å². The molecule has 0 aromatic heterocycles. The lowest BCUT2D eigenvalue weighted by Gasteiger charge is -2.38. The molecule has 4 aliphatic rings. The van der Waals surface area contributed by atoms with Crippen molar-refractivity contribution in [2.45, 2.75) is 48.5 Å². The molecule has 0 spiro atoms. The molecule has 420 valence electrons. The molecule has 0 unspecified atom stereocenters. The topological polar surface area (TPSA) is 398 Å². The van der Waals surface area contributed by atoms with Gasteiger partial charge in [0.15, 0.2) is 59.0 Å². The van der Waals surface area contributed by atoms with Crippen LogP contribution in [0.25, 0.3) is 0 Å². The number of aliphatic hydroxyl groups excluding tert-OH is 2. The summed E-state index contributed by atoms with van der Waals surface area (Å²) in [5.74, 6) is -18.8. The van der Waals surface area contributed by atoms with Crippen LogP contribution in [0.1, 0.15) is 111 Å². The number of phenolic OH excluding ortho intramolecular Hbond substituents is 12. The minimum absolute atomic E-state index is 0.0690. The molecule has 12 rings (SSSR count). The molecule has 0 fully saturated rings. The fourth-order valence-corrected chi connectivity index (χ4v) is 11.0. The molecule has 23 heteroatoms. The Hall–Kier alpha value is -11.0. The maximum Gasteiger partial charge on any atom is 0.202 e. The van der Waals surface area contributed by atoms with Gasteiger partial charge < -0.3 is 95.2 Å². The van der Waals surface area contributed by atoms with E-state index in [1.807, 2.05) is 0 Å². The van der Waals surface area contributed by atoms with Gasteiger partial charge in [0.1, 0.15) is 115 Å². The van der Waals surface area contributed by atoms with Crippen LogP contribution in [-0.4, -0.2) is 107 Å². The zero-order chi connectivity index (χ0) is 58.8. The molecular weight excluding hydrogens is 1090 g/mol. The molecule has 8 aromatic rings. The van der Waals surface area contributed by atoms with E-state index < -0.39 is 191 Å². The monoisotopic (exact) mass is 1130 g/mol. The van der Waals surface area contributed by atoms with Crippen LogP contribution in [0.15, 0.2) is 121 Å². The molecule has 14 N–H and O–H groups in total. The zero-order valence-electron chi connectivity index (χ0n) is 42.1. The summed E-state index contributed by atoms with van der Waals surface area (Å²) in [6, 6.07) is 22.3. The minimum Gasteiger partial charge on any atom is -0.508 e. The lowest BCUT2D eigenvalue weighted by atomic mass is 9.78. The van der Waals surface area contributed by atoms with Crippen LogP contribution in [0.2, 0.25) is 0 Å². The first-order valence-corrected chi connectivity index (χ1v) is 25.0. The normalized spacial score (nSPS) is 21.5. The minimum atomic E-state index is -2.11. The predicted molar refractivity (Wildman–Crippen MR) is 280 cm³/mol. The number of rotatable bonds is 8. The molecule has 0 aliphatic carbocycles. The van der Waals surface area contributed by atoms with Crippen molar-refractivity contribution in [2.24, 2.45) is 0 Å². The van der Waals surface area contributed by atoms with Gasteiger partial charge >= 0.3 is 0 Å². The quantitative estimate of drug-likeness (QED) is 0.0654. The van der Waals surface area contributed by atoms with Crippen molar-refractivity contribution >= 4 is 23.1 Å². The predicted octanol–water partition coefficient (Wildman–Crippen LogP) is 7.50. The van der Waals surface area contributed by atoms with E-state index >= 15 is 9.59 Å². The molecular formula is C60H42O23. The Labute approximate surface area is 465 Å². The summed E-state index contributed by atoms with van der Waals surface area (Å²) < 4.78 is 32.0. The molecule has 4 aliphatic heterocycles. The SMILES string of the molecule is O=C1c2c(O)cc(O)c([C@@H]3C(=O)c4c(O)cc(Oc5cc(O)c6c(c5[C@H]5C(=O)c7c(O)cc(O)cc7O[C@@H]5c5ccc(O)cc5)O[C@H](c5ccc(O)c(O)c5)[C@@H](O)C6=O)cc4O[C@H]3c3ccc(O)cc3)c2O[C@@H](c2ccc(O)c(O)c2)[C@@H]1O. The third kappa shape index (κ3) is 8.52. The Morgan fingerprint density at radius 3 is 1.24 bits per heavy atom. The summed E-state index contributed by atoms with van der Waals surface area (Å²) in [4.78, 5) is 59.1. The smallest absolute Gasteiger partial charge is 0.202 e. The average molecular weight is 1130 g/mol. The Morgan fingerprint density at radius 1 is 0.325 bits per heavy atom. The van der Waals surface area contributed by atoms with E-state index in [2.05, 4.69) is 0 Å². The van der Waals surface area contributed by atoms with Gasteiger partial charge in [0.05, 0.1) is 23.0 Å². The van der Waals surface area contributed by atoms with E-state index in [-0.39, 0.29) is 39.5 Å². The van der Waals surface area contributed by atoms with Crippen LogP contribution >= 0.6 is 0 Å². The number of fused-ring (bicyclic) bond motifs is 4. The lowest BCUT2D eigenvalue weighted by Crippen LogP contribution is -2.38. The largest absolute Gasteiger partial charge is 0.508 e. The van der Waals surface area contributed by atoms with Crippen molar-refractivity contribution in [3.05, 3.63) is 177 Å². The number of carbonyl (C=O) groups excluding carboxylic acids is 4. The molecule has 0 amide bonds. The first kappa shape index (κ1) is 52.6. The number of carbonyl (C=O) groups is 4. The zero-order valence-corrected chi connectivity index (χ0v) is 42.1. The van der Waals surface area contributed by atoms with Gasteiger partial charge in [-0.3, -0.25) is 19.2 Å². The summed E-state index contributed by atoms with van der Waals surface area (Å²) in [5, 5.41) is 153. The average Bonchev–Trinajstić information content (AvgIpc) is 1.86. The number of benzene rings is 8. The molecule has 83 heavy (non-hydrogen) atoms. The summed E-state index contributed by atoms with van der Waals surface area (Å²) in [5.41, 5.74) is -3.30. The molecule has 8 atom stereocenters. The molecule has 0 bridgehead atoms. The summed E-state index contributed by atoms with van der Waals surface area (Å²) in [6.07, 6.45) is -10.8. The molecule has 0 saturated heterocycles. The van der Waals surface area contributed by atoms with Crippen LogP contribution in [0.3, 0.4) is 0 Å². The van der Waals surface area contributed by atoms with Crippen LogP contribution in [-0.2, 0) is 0 Å². The highest BCUT2D eigenvalue weighted by atomic mass is 16.5. The van der Waals surface area contributed by atoms with Crippen molar-refractivity contribution in [2.75, 3.05) is 0 Å². The summed E-state index contributed by atoms with van der Waals surface area (Å²) in [6.45, 7) is 0. The lowest BCUT2D eigenvalue weighted by molar-refractivity contribution is 0.0195. The Bertz CT molecular complexity index is 4100. The molecule has 0 radical (unpaired) electrons. The fourth-order valence-electron chi connectivity index (χ4n) is 11.0. The summed E-state index contributed by atoms with van der Waals surface area (Å²) in [7, 11) is 0. The number of hydrogen-bond donors (Lipinski definition) is 14. The van der Waals surface area contributed by atoms with Crippen molar-refractivity contribution in [3.63, 3.8) is 0 Å². The van der Waals surface area contributed by atoms with Crippen LogP contribution < -0.4 is 23.7 Å². The number of phenols is 12. The van der Waals surface area contributed by atoms with Gasteiger partial charge in [-0.1, -0.05) is 36.4 Å². The third-order valence-electron chi connectivity index (χ3n) is 14.9. The number of ether oxygens (including phenoxy) is 5. The second-order valence-electron chi connectivity index (χ2n) is 19.9. The van der Waals surface area contributed by atoms with Gasteiger partial charge in [-0.15, -0.1) is 0 Å². The highest BCUT2D eigenvalue weighted by molar-refractivity contribution is 6.12. The van der Waals surface area contributed by atoms with Gasteiger partial charge in [0.25, 0.3) is 0 Å².